The molecule has 1 atom stereocenters. The summed E-state index contributed by atoms with van der Waals surface area (Å²) in [6, 6.07) is 16.0. The lowest BCUT2D eigenvalue weighted by Crippen LogP contribution is -2.39. The number of amides is 1. The number of alkyl carbamates (subject to hydrolysis) is 1. The predicted molar refractivity (Wildman–Crippen MR) is 135 cm³/mol. The molecule has 2 N–H and O–H groups in total. The number of benzene rings is 2. The molecule has 7 heteroatoms. The van der Waals surface area contributed by atoms with Gasteiger partial charge in [0.15, 0.2) is 0 Å². The molecule has 2 rings (SSSR count). The Balaban J connectivity index is 2.06. The van der Waals surface area contributed by atoms with Crippen LogP contribution in [0, 0.1) is 0 Å². The first-order valence-corrected chi connectivity index (χ1v) is 11.4. The highest BCUT2D eigenvalue weighted by Crippen LogP contribution is 2.20. The zero-order chi connectivity index (χ0) is 24.4. The average Bonchev–Trinajstić information content (AvgIpc) is 2.76. The van der Waals surface area contributed by atoms with E-state index in [-0.39, 0.29) is 6.04 Å². The van der Waals surface area contributed by atoms with E-state index >= 15 is 0 Å². The van der Waals surface area contributed by atoms with Crippen molar-refractivity contribution in [2.24, 2.45) is 0 Å². The molecule has 0 bridgehead atoms. The molecule has 2 aromatic carbocycles. The minimum Gasteiger partial charge on any atom is -0.497 e. The Bertz CT molecular complexity index is 845. The number of nitrogens with one attached hydrogen (secondary N) is 2. The number of hydrogen-bond donors (Lipinski definition) is 2. The van der Waals surface area contributed by atoms with Crippen molar-refractivity contribution in [1.82, 2.24) is 15.5 Å². The van der Waals surface area contributed by atoms with Crippen molar-refractivity contribution in [1.29, 1.82) is 0 Å². The Kier molecular flexibility index (Phi) is 10.0. The number of methoxy groups -OCH3 is 1. The third kappa shape index (κ3) is 9.72. The van der Waals surface area contributed by atoms with Crippen molar-refractivity contribution in [2.75, 3.05) is 52.8 Å². The van der Waals surface area contributed by atoms with Gasteiger partial charge in [-0.15, -0.1) is 0 Å². The lowest BCUT2D eigenvalue weighted by Gasteiger charge is -2.25. The predicted octanol–water partition coefficient (Wildman–Crippen LogP) is 4.05. The second-order valence-corrected chi connectivity index (χ2v) is 9.49. The lowest BCUT2D eigenvalue weighted by atomic mass is 10.1. The highest BCUT2D eigenvalue weighted by Gasteiger charge is 2.20. The minimum atomic E-state index is -0.551. The topological polar surface area (TPSA) is 66.1 Å². The summed E-state index contributed by atoms with van der Waals surface area (Å²) < 4.78 is 10.7. The molecule has 182 valence electrons. The van der Waals surface area contributed by atoms with Crippen LogP contribution in [0.25, 0.3) is 0 Å². The molecule has 0 radical (unpaired) electrons. The number of likely N-dealkylation sites (N-methyl/N-ethyl adjacent to an activating group) is 2. The maximum atomic E-state index is 12.5. The first-order chi connectivity index (χ1) is 15.6. The molecule has 0 aliphatic rings. The third-order valence-electron chi connectivity index (χ3n) is 5.15. The number of carbonyl (C=O) groups excluding carboxylic acids is 1. The smallest absolute Gasteiger partial charge is 0.408 e. The maximum Gasteiger partial charge on any atom is 0.408 e. The number of hydrogen-bond acceptors (Lipinski definition) is 6. The first-order valence-electron chi connectivity index (χ1n) is 11.4. The fraction of sp³-hybridized carbons (Fsp3) is 0.500. The summed E-state index contributed by atoms with van der Waals surface area (Å²) in [6.07, 6.45) is -0.425. The lowest BCUT2D eigenvalue weighted by molar-refractivity contribution is 0.0503. The number of carbonyl (C=O) groups is 1. The number of ether oxygens (including phenoxy) is 2. The zero-order valence-electron chi connectivity index (χ0n) is 21.1. The van der Waals surface area contributed by atoms with E-state index in [0.29, 0.717) is 13.1 Å². The van der Waals surface area contributed by atoms with Gasteiger partial charge in [0.25, 0.3) is 0 Å². The van der Waals surface area contributed by atoms with Crippen LogP contribution in [0.4, 0.5) is 10.5 Å². The largest absolute Gasteiger partial charge is 0.497 e. The maximum absolute atomic E-state index is 12.5. The summed E-state index contributed by atoms with van der Waals surface area (Å²) >= 11 is 0. The molecule has 0 saturated carbocycles. The van der Waals surface area contributed by atoms with Gasteiger partial charge in [-0.25, -0.2) is 4.79 Å². The fourth-order valence-electron chi connectivity index (χ4n) is 3.25. The molecule has 0 aliphatic carbocycles. The standard InChI is InChI=1S/C26H40N4O3/c1-26(2,3)33-25(31)28-24(19-27-18-20-8-14-23(32-7)15-9-20)21-10-12-22(13-11-21)30(6)17-16-29(4)5/h8-15,24,27H,16-19H2,1-7H3,(H,28,31). The minimum absolute atomic E-state index is 0.223. The van der Waals surface area contributed by atoms with Gasteiger partial charge in [0.2, 0.25) is 0 Å². The van der Waals surface area contributed by atoms with E-state index in [1.807, 2.05) is 45.0 Å². The highest BCUT2D eigenvalue weighted by atomic mass is 16.6. The van der Waals surface area contributed by atoms with Gasteiger partial charge in [-0.3, -0.25) is 0 Å². The van der Waals surface area contributed by atoms with Gasteiger partial charge >= 0.3 is 6.09 Å². The Hall–Kier alpha value is -2.77. The molecule has 2 aromatic rings. The van der Waals surface area contributed by atoms with Crippen LogP contribution < -0.4 is 20.3 Å². The Morgan fingerprint density at radius 3 is 2.15 bits per heavy atom. The normalized spacial score (nSPS) is 12.4. The summed E-state index contributed by atoms with van der Waals surface area (Å²) in [5, 5.41) is 6.47. The van der Waals surface area contributed by atoms with E-state index in [9.17, 15) is 4.79 Å². The quantitative estimate of drug-likeness (QED) is 0.532. The van der Waals surface area contributed by atoms with Crippen LogP contribution in [-0.2, 0) is 11.3 Å². The van der Waals surface area contributed by atoms with Crippen LogP contribution in [0.5, 0.6) is 5.75 Å². The van der Waals surface area contributed by atoms with E-state index < -0.39 is 11.7 Å². The van der Waals surface area contributed by atoms with Crippen molar-refractivity contribution in [3.63, 3.8) is 0 Å². The summed E-state index contributed by atoms with van der Waals surface area (Å²) in [5.74, 6) is 0.832. The Morgan fingerprint density at radius 2 is 1.61 bits per heavy atom. The second kappa shape index (κ2) is 12.5. The van der Waals surface area contributed by atoms with Crippen molar-refractivity contribution in [2.45, 2.75) is 39.0 Å². The molecule has 33 heavy (non-hydrogen) atoms. The van der Waals surface area contributed by atoms with Crippen LogP contribution in [0.3, 0.4) is 0 Å². The molecule has 0 saturated heterocycles. The van der Waals surface area contributed by atoms with Crippen LogP contribution in [0.2, 0.25) is 0 Å². The van der Waals surface area contributed by atoms with Gasteiger partial charge in [0, 0.05) is 38.9 Å². The summed E-state index contributed by atoms with van der Waals surface area (Å²) in [4.78, 5) is 16.9. The van der Waals surface area contributed by atoms with Crippen LogP contribution in [0.15, 0.2) is 48.5 Å². The molecule has 0 spiro atoms. The van der Waals surface area contributed by atoms with Gasteiger partial charge in [-0.1, -0.05) is 24.3 Å². The van der Waals surface area contributed by atoms with Crippen LogP contribution in [0.1, 0.15) is 37.9 Å². The third-order valence-corrected chi connectivity index (χ3v) is 5.15. The molecule has 1 amide bonds. The summed E-state index contributed by atoms with van der Waals surface area (Å²) in [6.45, 7) is 8.76. The van der Waals surface area contributed by atoms with Crippen molar-refractivity contribution >= 4 is 11.8 Å². The van der Waals surface area contributed by atoms with Gasteiger partial charge < -0.3 is 29.9 Å². The van der Waals surface area contributed by atoms with E-state index in [2.05, 4.69) is 65.8 Å². The molecular formula is C26H40N4O3. The monoisotopic (exact) mass is 456 g/mol. The first kappa shape index (κ1) is 26.5. The Labute approximate surface area is 199 Å². The molecule has 0 heterocycles. The van der Waals surface area contributed by atoms with Gasteiger partial charge in [0.05, 0.1) is 13.2 Å². The number of anilines is 1. The molecule has 1 unspecified atom stereocenters. The average molecular weight is 457 g/mol. The molecule has 0 fully saturated rings. The highest BCUT2D eigenvalue weighted by molar-refractivity contribution is 5.68. The molecule has 7 nitrogen and oxygen atoms in total. The van der Waals surface area contributed by atoms with E-state index in [0.717, 1.165) is 35.7 Å². The van der Waals surface area contributed by atoms with Crippen molar-refractivity contribution in [3.8, 4) is 5.75 Å². The van der Waals surface area contributed by atoms with Gasteiger partial charge in [0.1, 0.15) is 11.4 Å². The van der Waals surface area contributed by atoms with Crippen LogP contribution in [-0.4, -0.2) is 64.5 Å². The van der Waals surface area contributed by atoms with Gasteiger partial charge in [-0.2, -0.15) is 0 Å². The van der Waals surface area contributed by atoms with E-state index in [4.69, 9.17) is 9.47 Å². The fourth-order valence-corrected chi connectivity index (χ4v) is 3.25. The zero-order valence-corrected chi connectivity index (χ0v) is 21.1. The van der Waals surface area contributed by atoms with Crippen LogP contribution >= 0.6 is 0 Å². The second-order valence-electron chi connectivity index (χ2n) is 9.49. The summed E-state index contributed by atoms with van der Waals surface area (Å²) in [7, 11) is 7.89. The van der Waals surface area contributed by atoms with E-state index in [1.54, 1.807) is 7.11 Å². The van der Waals surface area contributed by atoms with Crippen molar-refractivity contribution < 1.29 is 14.3 Å². The van der Waals surface area contributed by atoms with Crippen molar-refractivity contribution in [3.05, 3.63) is 59.7 Å². The molecule has 0 aliphatic heterocycles. The Morgan fingerprint density at radius 1 is 0.970 bits per heavy atom. The summed E-state index contributed by atoms with van der Waals surface area (Å²) in [5.41, 5.74) is 2.75. The number of rotatable bonds is 11. The molecular weight excluding hydrogens is 416 g/mol. The SMILES string of the molecule is COc1ccc(CNCC(NC(=O)OC(C)(C)C)c2ccc(N(C)CCN(C)C)cc2)cc1. The number of nitrogens with zero attached hydrogens (tertiary/aromatic N) is 2. The van der Waals surface area contributed by atoms with E-state index in [1.165, 1.54) is 0 Å². The van der Waals surface area contributed by atoms with Gasteiger partial charge in [-0.05, 0) is 70.3 Å². The molecule has 0 aromatic heterocycles.